The monoisotopic (exact) mass is 325 g/mol. The third kappa shape index (κ3) is 3.98. The molecule has 22 heavy (non-hydrogen) atoms. The lowest BCUT2D eigenvalue weighted by molar-refractivity contribution is -0.137. The van der Waals surface area contributed by atoms with E-state index in [0.717, 1.165) is 11.6 Å². The Hall–Kier alpha value is -2.08. The maximum Gasteiger partial charge on any atom is 0.263 e. The molecule has 7 heteroatoms. The molecule has 0 saturated heterocycles. The molecule has 0 radical (unpaired) electrons. The van der Waals surface area contributed by atoms with Crippen molar-refractivity contribution in [3.05, 3.63) is 47.0 Å². The molecule has 1 aromatic heterocycles. The fourth-order valence-electron chi connectivity index (χ4n) is 2.03. The molecule has 0 bridgehead atoms. The molecule has 5 nitrogen and oxygen atoms in total. The molecule has 1 atom stereocenters. The number of hydrogen-bond donors (Lipinski definition) is 0. The number of ether oxygens (including phenoxy) is 1. The second-order valence-electron chi connectivity index (χ2n) is 5.05. The van der Waals surface area contributed by atoms with Crippen LogP contribution in [0.3, 0.4) is 0 Å². The van der Waals surface area contributed by atoms with Crippen molar-refractivity contribution < 1.29 is 13.9 Å². The Bertz CT molecular complexity index is 675. The van der Waals surface area contributed by atoms with Crippen LogP contribution in [0.1, 0.15) is 12.5 Å². The molecule has 2 rings (SSSR count). The highest BCUT2D eigenvalue weighted by Crippen LogP contribution is 2.26. The van der Waals surface area contributed by atoms with Crippen LogP contribution in [0.4, 0.5) is 4.39 Å². The number of likely N-dealkylation sites (N-methyl/N-ethyl adjacent to an activating group) is 1. The number of rotatable bonds is 5. The van der Waals surface area contributed by atoms with E-state index in [-0.39, 0.29) is 16.7 Å². The van der Waals surface area contributed by atoms with E-state index in [4.69, 9.17) is 16.3 Å². The van der Waals surface area contributed by atoms with Gasteiger partial charge in [-0.1, -0.05) is 11.6 Å². The van der Waals surface area contributed by atoms with Crippen molar-refractivity contribution in [2.75, 3.05) is 7.05 Å². The Kier molecular flexibility index (Phi) is 5.03. The number of halogens is 2. The van der Waals surface area contributed by atoms with Crippen molar-refractivity contribution in [3.63, 3.8) is 0 Å². The molecule has 0 unspecified atom stereocenters. The third-order valence-corrected chi connectivity index (χ3v) is 3.40. The predicted octanol–water partition coefficient (Wildman–Crippen LogP) is 2.64. The van der Waals surface area contributed by atoms with Crippen molar-refractivity contribution in [1.82, 2.24) is 14.7 Å². The van der Waals surface area contributed by atoms with Gasteiger partial charge in [0.2, 0.25) is 0 Å². The minimum absolute atomic E-state index is 0.134. The summed E-state index contributed by atoms with van der Waals surface area (Å²) in [5.41, 5.74) is 0.922. The quantitative estimate of drug-likeness (QED) is 0.849. The first kappa shape index (κ1) is 16.3. The molecule has 118 valence electrons. The minimum Gasteiger partial charge on any atom is -0.479 e. The van der Waals surface area contributed by atoms with E-state index in [1.807, 2.05) is 13.2 Å². The van der Waals surface area contributed by atoms with E-state index >= 15 is 0 Å². The average Bonchev–Trinajstić information content (AvgIpc) is 2.86. The van der Waals surface area contributed by atoms with E-state index in [1.165, 1.54) is 12.1 Å². The summed E-state index contributed by atoms with van der Waals surface area (Å²) in [6, 6.07) is 3.79. The van der Waals surface area contributed by atoms with Gasteiger partial charge < -0.3 is 9.64 Å². The highest BCUT2D eigenvalue weighted by molar-refractivity contribution is 6.32. The van der Waals surface area contributed by atoms with Gasteiger partial charge in [0, 0.05) is 32.4 Å². The molecule has 1 heterocycles. The Morgan fingerprint density at radius 1 is 1.55 bits per heavy atom. The van der Waals surface area contributed by atoms with Crippen LogP contribution in [0.2, 0.25) is 5.02 Å². The number of carbonyl (C=O) groups is 1. The van der Waals surface area contributed by atoms with Crippen LogP contribution in [0.5, 0.6) is 5.75 Å². The molecule has 0 aliphatic rings. The first-order chi connectivity index (χ1) is 10.4. The lowest BCUT2D eigenvalue weighted by atomic mass is 10.3. The zero-order chi connectivity index (χ0) is 16.3. The van der Waals surface area contributed by atoms with Crippen LogP contribution in [-0.2, 0) is 18.4 Å². The predicted molar refractivity (Wildman–Crippen MR) is 81.2 cm³/mol. The molecule has 0 spiro atoms. The molecule has 0 N–H and O–H groups in total. The number of aromatic nitrogens is 2. The highest BCUT2D eigenvalue weighted by atomic mass is 35.5. The zero-order valence-corrected chi connectivity index (χ0v) is 13.3. The summed E-state index contributed by atoms with van der Waals surface area (Å²) in [4.78, 5) is 13.8. The first-order valence-corrected chi connectivity index (χ1v) is 7.09. The fraction of sp³-hybridized carbons (Fsp3) is 0.333. The number of amides is 1. The largest absolute Gasteiger partial charge is 0.479 e. The van der Waals surface area contributed by atoms with E-state index in [2.05, 4.69) is 5.10 Å². The van der Waals surface area contributed by atoms with E-state index in [0.29, 0.717) is 6.54 Å². The molecular formula is C15H17ClFN3O2. The highest BCUT2D eigenvalue weighted by Gasteiger charge is 2.20. The molecule has 1 amide bonds. The van der Waals surface area contributed by atoms with Gasteiger partial charge in [0.15, 0.2) is 6.10 Å². The van der Waals surface area contributed by atoms with Crippen molar-refractivity contribution in [2.24, 2.45) is 7.05 Å². The first-order valence-electron chi connectivity index (χ1n) is 6.71. The van der Waals surface area contributed by atoms with Gasteiger partial charge in [-0.3, -0.25) is 9.48 Å². The molecule has 0 aliphatic carbocycles. The molecule has 0 saturated carbocycles. The number of aryl methyl sites for hydroxylation is 1. The van der Waals surface area contributed by atoms with Gasteiger partial charge in [-0.2, -0.15) is 5.10 Å². The molecule has 1 aromatic carbocycles. The van der Waals surface area contributed by atoms with Crippen molar-refractivity contribution in [2.45, 2.75) is 19.6 Å². The van der Waals surface area contributed by atoms with E-state index < -0.39 is 11.9 Å². The minimum atomic E-state index is -0.732. The van der Waals surface area contributed by atoms with Crippen LogP contribution >= 0.6 is 11.6 Å². The summed E-state index contributed by atoms with van der Waals surface area (Å²) in [7, 11) is 3.50. The second-order valence-corrected chi connectivity index (χ2v) is 5.46. The summed E-state index contributed by atoms with van der Waals surface area (Å²) in [5.74, 6) is -0.382. The van der Waals surface area contributed by atoms with Gasteiger partial charge in [-0.25, -0.2) is 4.39 Å². The number of benzene rings is 1. The summed E-state index contributed by atoms with van der Waals surface area (Å²) >= 11 is 5.89. The van der Waals surface area contributed by atoms with E-state index in [9.17, 15) is 9.18 Å². The van der Waals surface area contributed by atoms with Gasteiger partial charge in [0.05, 0.1) is 11.2 Å². The molecular weight excluding hydrogens is 309 g/mol. The maximum atomic E-state index is 13.0. The number of hydrogen-bond acceptors (Lipinski definition) is 3. The molecule has 2 aromatic rings. The van der Waals surface area contributed by atoms with Gasteiger partial charge >= 0.3 is 0 Å². The van der Waals surface area contributed by atoms with Gasteiger partial charge in [0.25, 0.3) is 5.91 Å². The molecule has 0 aliphatic heterocycles. The van der Waals surface area contributed by atoms with Crippen LogP contribution in [0, 0.1) is 5.82 Å². The standard InChI is InChI=1S/C15H17ClFN3O2/c1-10(22-14-5-4-12(17)6-13(14)16)15(21)19(2)8-11-7-18-20(3)9-11/h4-7,9-10H,8H2,1-3H3/t10-/m0/s1. The Morgan fingerprint density at radius 2 is 2.27 bits per heavy atom. The van der Waals surface area contributed by atoms with Crippen LogP contribution in [0.25, 0.3) is 0 Å². The fourth-order valence-corrected chi connectivity index (χ4v) is 2.24. The number of carbonyl (C=O) groups excluding carboxylic acids is 1. The second kappa shape index (κ2) is 6.79. The Labute approximate surface area is 133 Å². The summed E-state index contributed by atoms with van der Waals surface area (Å²) in [6.45, 7) is 2.05. The van der Waals surface area contributed by atoms with Crippen molar-refractivity contribution >= 4 is 17.5 Å². The van der Waals surface area contributed by atoms with Gasteiger partial charge in [-0.15, -0.1) is 0 Å². The zero-order valence-electron chi connectivity index (χ0n) is 12.6. The maximum absolute atomic E-state index is 13.0. The van der Waals surface area contributed by atoms with Gasteiger partial charge in [0.1, 0.15) is 11.6 Å². The normalized spacial score (nSPS) is 12.0. The van der Waals surface area contributed by atoms with Crippen LogP contribution in [0.15, 0.2) is 30.6 Å². The summed E-state index contributed by atoms with van der Waals surface area (Å²) in [6.07, 6.45) is 2.81. The van der Waals surface area contributed by atoms with Crippen molar-refractivity contribution in [3.8, 4) is 5.75 Å². The van der Waals surface area contributed by atoms with Crippen molar-refractivity contribution in [1.29, 1.82) is 0 Å². The molecule has 0 fully saturated rings. The summed E-state index contributed by atoms with van der Waals surface area (Å²) in [5, 5.41) is 4.19. The third-order valence-electron chi connectivity index (χ3n) is 3.10. The van der Waals surface area contributed by atoms with Crippen LogP contribution in [-0.4, -0.2) is 33.7 Å². The summed E-state index contributed by atoms with van der Waals surface area (Å²) < 4.78 is 20.2. The Balaban J connectivity index is 1.98. The SMILES string of the molecule is C[C@H](Oc1ccc(F)cc1Cl)C(=O)N(C)Cc1cnn(C)c1. The lowest BCUT2D eigenvalue weighted by Crippen LogP contribution is -2.37. The smallest absolute Gasteiger partial charge is 0.263 e. The van der Waals surface area contributed by atoms with E-state index in [1.54, 1.807) is 29.7 Å². The number of nitrogens with zero attached hydrogens (tertiary/aromatic N) is 3. The topological polar surface area (TPSA) is 47.4 Å². The lowest BCUT2D eigenvalue weighted by Gasteiger charge is -2.22. The van der Waals surface area contributed by atoms with Crippen LogP contribution < -0.4 is 4.74 Å². The van der Waals surface area contributed by atoms with Gasteiger partial charge in [-0.05, 0) is 25.1 Å². The Morgan fingerprint density at radius 3 is 2.86 bits per heavy atom. The average molecular weight is 326 g/mol.